The molecule has 0 unspecified atom stereocenters. The molecule has 0 fully saturated rings. The lowest BCUT2D eigenvalue weighted by molar-refractivity contribution is 1.24. The van der Waals surface area contributed by atoms with Crippen molar-refractivity contribution in [3.05, 3.63) is 28.3 Å². The summed E-state index contributed by atoms with van der Waals surface area (Å²) >= 11 is 0. The van der Waals surface area contributed by atoms with E-state index < -0.39 is 0 Å². The van der Waals surface area contributed by atoms with Crippen LogP contribution in [-0.4, -0.2) is 0 Å². The molecule has 0 aliphatic carbocycles. The Hall–Kier alpha value is -1.42. The van der Waals surface area contributed by atoms with Crippen LogP contribution < -0.4 is 5.32 Å². The SMILES string of the molecule is CC#CNc1c(C)c(C)cc(C)c1C. The van der Waals surface area contributed by atoms with Crippen molar-refractivity contribution in [3.63, 3.8) is 0 Å². The average molecular weight is 187 g/mol. The van der Waals surface area contributed by atoms with Crippen LogP contribution in [0.5, 0.6) is 0 Å². The third kappa shape index (κ3) is 1.90. The highest BCUT2D eigenvalue weighted by Gasteiger charge is 2.06. The number of hydrogen-bond acceptors (Lipinski definition) is 1. The topological polar surface area (TPSA) is 12.0 Å². The van der Waals surface area contributed by atoms with Crippen molar-refractivity contribution in [2.75, 3.05) is 5.32 Å². The van der Waals surface area contributed by atoms with E-state index in [1.807, 2.05) is 6.92 Å². The van der Waals surface area contributed by atoms with Gasteiger partial charge in [0.05, 0.1) is 5.69 Å². The highest BCUT2D eigenvalue weighted by atomic mass is 14.8. The quantitative estimate of drug-likeness (QED) is 0.525. The lowest BCUT2D eigenvalue weighted by Gasteiger charge is -2.13. The van der Waals surface area contributed by atoms with E-state index >= 15 is 0 Å². The van der Waals surface area contributed by atoms with E-state index in [4.69, 9.17) is 0 Å². The summed E-state index contributed by atoms with van der Waals surface area (Å²) in [5, 5.41) is 3.15. The first-order valence-corrected chi connectivity index (χ1v) is 4.83. The number of benzene rings is 1. The van der Waals surface area contributed by atoms with Crippen LogP contribution in [0.15, 0.2) is 6.07 Å². The first kappa shape index (κ1) is 10.7. The second-order valence-corrected chi connectivity index (χ2v) is 3.64. The van der Waals surface area contributed by atoms with Gasteiger partial charge in [0.2, 0.25) is 0 Å². The van der Waals surface area contributed by atoms with Gasteiger partial charge in [-0.1, -0.05) is 12.0 Å². The first-order chi connectivity index (χ1) is 6.57. The predicted octanol–water partition coefficient (Wildman–Crippen LogP) is 3.31. The highest BCUT2D eigenvalue weighted by Crippen LogP contribution is 2.25. The Bertz CT molecular complexity index is 379. The molecule has 0 aromatic heterocycles. The maximum absolute atomic E-state index is 3.15. The van der Waals surface area contributed by atoms with Crippen molar-refractivity contribution in [1.82, 2.24) is 0 Å². The molecular formula is C13H17N. The lowest BCUT2D eigenvalue weighted by atomic mass is 9.99. The number of hydrogen-bond donors (Lipinski definition) is 1. The van der Waals surface area contributed by atoms with Gasteiger partial charge in [-0.3, -0.25) is 0 Å². The van der Waals surface area contributed by atoms with Crippen molar-refractivity contribution in [3.8, 4) is 12.0 Å². The van der Waals surface area contributed by atoms with Gasteiger partial charge in [0.1, 0.15) is 0 Å². The van der Waals surface area contributed by atoms with Gasteiger partial charge in [0.15, 0.2) is 0 Å². The Morgan fingerprint density at radius 2 is 1.50 bits per heavy atom. The van der Waals surface area contributed by atoms with Gasteiger partial charge in [0.25, 0.3) is 0 Å². The third-order valence-corrected chi connectivity index (χ3v) is 2.68. The van der Waals surface area contributed by atoms with Crippen LogP contribution in [0.25, 0.3) is 0 Å². The number of aryl methyl sites for hydroxylation is 2. The van der Waals surface area contributed by atoms with Crippen LogP contribution in [0.3, 0.4) is 0 Å². The molecule has 0 radical (unpaired) electrons. The zero-order chi connectivity index (χ0) is 10.7. The molecule has 0 spiro atoms. The minimum atomic E-state index is 1.16. The summed E-state index contributed by atoms with van der Waals surface area (Å²) < 4.78 is 0. The molecular weight excluding hydrogens is 170 g/mol. The predicted molar refractivity (Wildman–Crippen MR) is 62.5 cm³/mol. The van der Waals surface area contributed by atoms with Crippen molar-refractivity contribution >= 4 is 5.69 Å². The zero-order valence-electron chi connectivity index (χ0n) is 9.58. The first-order valence-electron chi connectivity index (χ1n) is 4.83. The van der Waals surface area contributed by atoms with Crippen molar-refractivity contribution < 1.29 is 0 Å². The van der Waals surface area contributed by atoms with Crippen LogP contribution in [0.4, 0.5) is 5.69 Å². The summed E-state index contributed by atoms with van der Waals surface area (Å²) in [6.07, 6.45) is 0. The Balaban J connectivity index is 3.29. The molecule has 0 aliphatic heterocycles. The molecule has 0 atom stereocenters. The fourth-order valence-corrected chi connectivity index (χ4v) is 1.53. The third-order valence-electron chi connectivity index (χ3n) is 2.68. The van der Waals surface area contributed by atoms with Crippen LogP contribution in [0.1, 0.15) is 29.2 Å². The minimum Gasteiger partial charge on any atom is -0.314 e. The smallest absolute Gasteiger partial charge is 0.0522 e. The van der Waals surface area contributed by atoms with Crippen molar-refractivity contribution in [2.45, 2.75) is 34.6 Å². The van der Waals surface area contributed by atoms with Gasteiger partial charge in [-0.05, 0) is 56.9 Å². The van der Waals surface area contributed by atoms with Gasteiger partial charge in [-0.15, -0.1) is 0 Å². The molecule has 0 heterocycles. The summed E-state index contributed by atoms with van der Waals surface area (Å²) in [5.41, 5.74) is 6.37. The van der Waals surface area contributed by atoms with E-state index in [2.05, 4.69) is 51.0 Å². The molecule has 74 valence electrons. The Kier molecular flexibility index (Phi) is 3.19. The second kappa shape index (κ2) is 4.19. The molecule has 1 N–H and O–H groups in total. The average Bonchev–Trinajstić information content (AvgIpc) is 2.15. The summed E-state index contributed by atoms with van der Waals surface area (Å²) in [6, 6.07) is 5.12. The van der Waals surface area contributed by atoms with Gasteiger partial charge >= 0.3 is 0 Å². The van der Waals surface area contributed by atoms with Gasteiger partial charge in [-0.25, -0.2) is 0 Å². The van der Waals surface area contributed by atoms with Crippen LogP contribution in [0, 0.1) is 39.7 Å². The Morgan fingerprint density at radius 1 is 1.00 bits per heavy atom. The lowest BCUT2D eigenvalue weighted by Crippen LogP contribution is -1.99. The van der Waals surface area contributed by atoms with Gasteiger partial charge in [-0.2, -0.15) is 0 Å². The molecule has 1 nitrogen and oxygen atoms in total. The molecule has 0 bridgehead atoms. The summed E-state index contributed by atoms with van der Waals surface area (Å²) in [6.45, 7) is 10.3. The molecule has 0 aliphatic rings. The van der Waals surface area contributed by atoms with E-state index in [0.29, 0.717) is 0 Å². The normalized spacial score (nSPS) is 9.21. The largest absolute Gasteiger partial charge is 0.314 e. The summed E-state index contributed by atoms with van der Waals surface area (Å²) in [7, 11) is 0. The molecule has 0 saturated heterocycles. The van der Waals surface area contributed by atoms with Crippen LogP contribution in [-0.2, 0) is 0 Å². The van der Waals surface area contributed by atoms with E-state index in [1.165, 1.54) is 22.3 Å². The molecule has 1 rings (SSSR count). The van der Waals surface area contributed by atoms with Gasteiger partial charge < -0.3 is 5.32 Å². The maximum Gasteiger partial charge on any atom is 0.0522 e. The fraction of sp³-hybridized carbons (Fsp3) is 0.385. The van der Waals surface area contributed by atoms with Gasteiger partial charge in [0, 0.05) is 6.04 Å². The maximum atomic E-state index is 3.15. The summed E-state index contributed by atoms with van der Waals surface area (Å²) in [4.78, 5) is 0. The number of rotatable bonds is 1. The standard InChI is InChI=1S/C13H17N/c1-6-7-14-13-11(4)9(2)8-10(3)12(13)5/h8,14H,1-5H3. The molecule has 14 heavy (non-hydrogen) atoms. The highest BCUT2D eigenvalue weighted by molar-refractivity contribution is 5.64. The zero-order valence-corrected chi connectivity index (χ0v) is 9.58. The molecule has 1 heteroatoms. The van der Waals surface area contributed by atoms with Crippen molar-refractivity contribution in [1.29, 1.82) is 0 Å². The fourth-order valence-electron chi connectivity index (χ4n) is 1.53. The van der Waals surface area contributed by atoms with Crippen molar-refractivity contribution in [2.24, 2.45) is 0 Å². The Labute approximate surface area is 86.5 Å². The van der Waals surface area contributed by atoms with E-state index in [1.54, 1.807) is 0 Å². The Morgan fingerprint density at radius 3 is 1.93 bits per heavy atom. The second-order valence-electron chi connectivity index (χ2n) is 3.64. The van der Waals surface area contributed by atoms with E-state index in [-0.39, 0.29) is 0 Å². The monoisotopic (exact) mass is 187 g/mol. The minimum absolute atomic E-state index is 1.16. The van der Waals surface area contributed by atoms with Crippen LogP contribution >= 0.6 is 0 Å². The molecule has 1 aromatic rings. The van der Waals surface area contributed by atoms with E-state index in [9.17, 15) is 0 Å². The number of anilines is 1. The molecule has 0 saturated carbocycles. The van der Waals surface area contributed by atoms with E-state index in [0.717, 1.165) is 5.69 Å². The van der Waals surface area contributed by atoms with Crippen LogP contribution in [0.2, 0.25) is 0 Å². The summed E-state index contributed by atoms with van der Waals surface area (Å²) in [5.74, 6) is 2.85. The molecule has 1 aromatic carbocycles. The molecule has 0 amide bonds. The number of nitrogens with one attached hydrogen (secondary N) is 1.